The molecule has 1 aromatic carbocycles. The van der Waals surface area contributed by atoms with Gasteiger partial charge in [0.15, 0.2) is 0 Å². The molecule has 0 aliphatic heterocycles. The highest BCUT2D eigenvalue weighted by atomic mass is 32.2. The Bertz CT molecular complexity index is 624. The number of nitrogens with zero attached hydrogens (tertiary/aromatic N) is 1. The van der Waals surface area contributed by atoms with Crippen LogP contribution in [0.5, 0.6) is 11.5 Å². The number of hydrogen-bond acceptors (Lipinski definition) is 5. The zero-order chi connectivity index (χ0) is 14.7. The van der Waals surface area contributed by atoms with Gasteiger partial charge in [-0.15, -0.1) is 11.3 Å². The third kappa shape index (κ3) is 3.21. The number of aryl methyl sites for hydroxylation is 1. The van der Waals surface area contributed by atoms with Crippen molar-refractivity contribution < 1.29 is 18.4 Å². The van der Waals surface area contributed by atoms with Crippen LogP contribution in [0.1, 0.15) is 15.8 Å². The maximum atomic E-state index is 11.1. The first-order valence-electron chi connectivity index (χ1n) is 5.54. The molecule has 0 aliphatic carbocycles. The second-order valence-corrected chi connectivity index (χ2v) is 5.92. The van der Waals surface area contributed by atoms with E-state index in [1.54, 1.807) is 23.6 Å². The highest BCUT2D eigenvalue weighted by Gasteiger charge is 2.34. The Kier molecular flexibility index (Phi) is 4.48. The van der Waals surface area contributed by atoms with Crippen LogP contribution in [0.15, 0.2) is 35.7 Å². The molecule has 6 nitrogen and oxygen atoms in total. The van der Waals surface area contributed by atoms with E-state index < -0.39 is 21.4 Å². The molecule has 20 heavy (non-hydrogen) atoms. The number of thiophene rings is 1. The smallest absolute Gasteiger partial charge is 0.347 e. The van der Waals surface area contributed by atoms with Gasteiger partial charge in [0.25, 0.3) is 0 Å². The van der Waals surface area contributed by atoms with Gasteiger partial charge in [-0.3, -0.25) is 10.1 Å². The van der Waals surface area contributed by atoms with E-state index in [-0.39, 0.29) is 10.6 Å². The van der Waals surface area contributed by atoms with Crippen LogP contribution in [0.4, 0.5) is 0 Å². The molecule has 0 aliphatic rings. The molecule has 2 rings (SSSR count). The highest BCUT2D eigenvalue weighted by Crippen LogP contribution is 2.36. The van der Waals surface area contributed by atoms with Gasteiger partial charge in [-0.2, -0.15) is 0 Å². The predicted molar refractivity (Wildman–Crippen MR) is 76.1 cm³/mol. The fourth-order valence-electron chi connectivity index (χ4n) is 1.57. The molecule has 0 saturated heterocycles. The molecule has 2 atom stereocenters. The Labute approximate surface area is 121 Å². The summed E-state index contributed by atoms with van der Waals surface area (Å²) in [7, 11) is 0. The van der Waals surface area contributed by atoms with Crippen LogP contribution in [0.2, 0.25) is 0 Å². The van der Waals surface area contributed by atoms with Gasteiger partial charge in [0.05, 0.1) is 0 Å². The van der Waals surface area contributed by atoms with Crippen molar-refractivity contribution in [3.8, 4) is 11.5 Å². The molecule has 1 N–H and O–H groups in total. The molecule has 1 heterocycles. The van der Waals surface area contributed by atoms with E-state index in [9.17, 15) is 14.3 Å². The summed E-state index contributed by atoms with van der Waals surface area (Å²) < 4.78 is 25.7. The maximum Gasteiger partial charge on any atom is 0.347 e. The standard InChI is InChI=1S/C12H11NO5S2/c1-8-2-4-9(5-3-8)18-10-6-7-19-11(10)12(13(14)15)20(16)17/h2-7,12H,1H3,(H,16,17). The molecule has 2 aromatic rings. The maximum absolute atomic E-state index is 11.1. The van der Waals surface area contributed by atoms with E-state index in [2.05, 4.69) is 0 Å². The number of benzene rings is 1. The first kappa shape index (κ1) is 14.6. The zero-order valence-electron chi connectivity index (χ0n) is 10.4. The predicted octanol–water partition coefficient (Wildman–Crippen LogP) is 3.35. The lowest BCUT2D eigenvalue weighted by molar-refractivity contribution is -0.502. The lowest BCUT2D eigenvalue weighted by Gasteiger charge is -2.08. The Morgan fingerprint density at radius 2 is 2.00 bits per heavy atom. The summed E-state index contributed by atoms with van der Waals surface area (Å²) in [5, 5.41) is 10.8. The molecular weight excluding hydrogens is 302 g/mol. The molecule has 0 bridgehead atoms. The van der Waals surface area contributed by atoms with Crippen LogP contribution in [-0.4, -0.2) is 13.7 Å². The molecule has 8 heteroatoms. The first-order valence-corrected chi connectivity index (χ1v) is 7.59. The van der Waals surface area contributed by atoms with E-state index in [0.29, 0.717) is 5.75 Å². The van der Waals surface area contributed by atoms with E-state index >= 15 is 0 Å². The van der Waals surface area contributed by atoms with Crippen molar-refractivity contribution >= 4 is 22.4 Å². The lowest BCUT2D eigenvalue weighted by atomic mass is 10.2. The van der Waals surface area contributed by atoms with Gasteiger partial charge in [-0.05, 0) is 30.5 Å². The van der Waals surface area contributed by atoms with Crippen LogP contribution in [-0.2, 0) is 11.1 Å². The minimum absolute atomic E-state index is 0.122. The topological polar surface area (TPSA) is 89.7 Å². The number of rotatable bonds is 5. The van der Waals surface area contributed by atoms with Crippen molar-refractivity contribution in [3.05, 3.63) is 56.3 Å². The van der Waals surface area contributed by atoms with Crippen molar-refractivity contribution in [2.75, 3.05) is 0 Å². The highest BCUT2D eigenvalue weighted by molar-refractivity contribution is 7.79. The van der Waals surface area contributed by atoms with Gasteiger partial charge in [0.2, 0.25) is 11.1 Å². The Hall–Kier alpha value is -1.77. The summed E-state index contributed by atoms with van der Waals surface area (Å²) in [6.45, 7) is 1.93. The number of nitro groups is 1. The van der Waals surface area contributed by atoms with Crippen LogP contribution in [0.3, 0.4) is 0 Å². The lowest BCUT2D eigenvalue weighted by Crippen LogP contribution is -2.14. The van der Waals surface area contributed by atoms with Crippen molar-refractivity contribution in [2.24, 2.45) is 0 Å². The van der Waals surface area contributed by atoms with Crippen LogP contribution in [0.25, 0.3) is 0 Å². The largest absolute Gasteiger partial charge is 0.456 e. The van der Waals surface area contributed by atoms with Crippen molar-refractivity contribution in [1.82, 2.24) is 0 Å². The monoisotopic (exact) mass is 313 g/mol. The summed E-state index contributed by atoms with van der Waals surface area (Å²) in [5.74, 6) is 0.740. The fourth-order valence-corrected chi connectivity index (χ4v) is 3.19. The second-order valence-electron chi connectivity index (χ2n) is 3.98. The van der Waals surface area contributed by atoms with Crippen molar-refractivity contribution in [3.63, 3.8) is 0 Å². The van der Waals surface area contributed by atoms with Gasteiger partial charge in [0.1, 0.15) is 16.4 Å². The molecule has 1 aromatic heterocycles. The fraction of sp³-hybridized carbons (Fsp3) is 0.167. The molecule has 0 saturated carbocycles. The average molecular weight is 313 g/mol. The van der Waals surface area contributed by atoms with Crippen molar-refractivity contribution in [1.29, 1.82) is 0 Å². The normalized spacial score (nSPS) is 13.7. The van der Waals surface area contributed by atoms with Gasteiger partial charge in [-0.25, -0.2) is 4.21 Å². The molecule has 2 unspecified atom stereocenters. The van der Waals surface area contributed by atoms with Crippen LogP contribution >= 0.6 is 11.3 Å². The minimum Gasteiger partial charge on any atom is -0.456 e. The summed E-state index contributed by atoms with van der Waals surface area (Å²) in [6.07, 6.45) is 0. The van der Waals surface area contributed by atoms with E-state index in [4.69, 9.17) is 9.29 Å². The van der Waals surface area contributed by atoms with E-state index in [0.717, 1.165) is 16.9 Å². The Morgan fingerprint density at radius 1 is 1.35 bits per heavy atom. The second kappa shape index (κ2) is 6.12. The third-order valence-electron chi connectivity index (χ3n) is 2.51. The molecule has 0 spiro atoms. The molecular formula is C12H11NO5S2. The molecule has 106 valence electrons. The molecule has 0 amide bonds. The molecule has 0 radical (unpaired) electrons. The summed E-state index contributed by atoms with van der Waals surface area (Å²) in [5.41, 5.74) is 1.06. The number of hydrogen-bond donors (Lipinski definition) is 1. The van der Waals surface area contributed by atoms with Gasteiger partial charge in [0, 0.05) is 4.92 Å². The van der Waals surface area contributed by atoms with Crippen LogP contribution in [0, 0.1) is 17.0 Å². The Balaban J connectivity index is 2.30. The average Bonchev–Trinajstić information content (AvgIpc) is 2.79. The SMILES string of the molecule is Cc1ccc(Oc2ccsc2C([N+](=O)[O-])S(=O)O)cc1. The third-order valence-corrected chi connectivity index (χ3v) is 4.40. The quantitative estimate of drug-likeness (QED) is 0.519. The van der Waals surface area contributed by atoms with Gasteiger partial charge < -0.3 is 9.29 Å². The Morgan fingerprint density at radius 3 is 2.55 bits per heavy atom. The van der Waals surface area contributed by atoms with Crippen molar-refractivity contribution in [2.45, 2.75) is 12.3 Å². The number of ether oxygens (including phenoxy) is 1. The van der Waals surface area contributed by atoms with Gasteiger partial charge in [-0.1, -0.05) is 17.7 Å². The van der Waals surface area contributed by atoms with E-state index in [1.165, 1.54) is 0 Å². The van der Waals surface area contributed by atoms with Crippen LogP contribution < -0.4 is 4.74 Å². The zero-order valence-corrected chi connectivity index (χ0v) is 12.0. The van der Waals surface area contributed by atoms with Gasteiger partial charge >= 0.3 is 5.37 Å². The minimum atomic E-state index is -2.60. The molecule has 0 fully saturated rings. The summed E-state index contributed by atoms with van der Waals surface area (Å²) in [4.78, 5) is 10.2. The van der Waals surface area contributed by atoms with E-state index in [1.807, 2.05) is 19.1 Å². The first-order chi connectivity index (χ1) is 9.49. The summed E-state index contributed by atoms with van der Waals surface area (Å²) >= 11 is -1.59. The summed E-state index contributed by atoms with van der Waals surface area (Å²) in [6, 6.07) is 8.69.